The van der Waals surface area contributed by atoms with Crippen molar-refractivity contribution in [3.8, 4) is 23.0 Å². The summed E-state index contributed by atoms with van der Waals surface area (Å²) in [7, 11) is 2.05. The van der Waals surface area contributed by atoms with Crippen LogP contribution in [-0.2, 0) is 21.1 Å². The molecule has 7 heteroatoms. The van der Waals surface area contributed by atoms with Crippen molar-refractivity contribution < 1.29 is 25.8 Å². The van der Waals surface area contributed by atoms with Crippen LogP contribution < -0.4 is 14.5 Å². The van der Waals surface area contributed by atoms with Crippen LogP contribution >= 0.6 is 0 Å². The third-order valence-electron chi connectivity index (χ3n) is 8.42. The molecule has 4 heterocycles. The standard InChI is InChI=1S/C39H26N5O.Pt/c1-41-26-43(36-17-8-7-16-35(36)41)29-12-9-13-30(22-29)45-31-18-19-33-32-14-5-6-15-34(32)44(38(33)23-31)39-24-37-27(25-40-39)20-21-42(37)28-10-3-2-4-11-28;/h2-21,24-26H,1H3;/q-3;. The Balaban J connectivity index is 0.00000312. The Morgan fingerprint density at radius 3 is 2.37 bits per heavy atom. The largest absolute Gasteiger partial charge is 0.509 e. The molecule has 0 atom stereocenters. The topological polar surface area (TPSA) is 38.5 Å². The van der Waals surface area contributed by atoms with Crippen molar-refractivity contribution >= 4 is 49.8 Å². The maximum Gasteiger partial charge on any atom is 0.137 e. The molecule has 226 valence electrons. The number of pyridine rings is 1. The van der Waals surface area contributed by atoms with Gasteiger partial charge >= 0.3 is 0 Å². The number of ether oxygens (including phenoxy) is 1. The van der Waals surface area contributed by atoms with E-state index in [1.54, 1.807) is 0 Å². The number of hydrogen-bond acceptors (Lipinski definition) is 4. The van der Waals surface area contributed by atoms with E-state index in [0.29, 0.717) is 11.5 Å². The zero-order valence-corrected chi connectivity index (χ0v) is 27.0. The first-order valence-electron chi connectivity index (χ1n) is 14.9. The zero-order valence-electron chi connectivity index (χ0n) is 24.7. The summed E-state index contributed by atoms with van der Waals surface area (Å²) in [5, 5.41) is 3.30. The summed E-state index contributed by atoms with van der Waals surface area (Å²) in [5.74, 6) is 2.04. The number of anilines is 3. The Kier molecular flexibility index (Phi) is 6.88. The van der Waals surface area contributed by atoms with Crippen LogP contribution in [0.2, 0.25) is 0 Å². The zero-order chi connectivity index (χ0) is 29.9. The molecule has 5 aromatic carbocycles. The van der Waals surface area contributed by atoms with Crippen LogP contribution in [0.15, 0.2) is 134 Å². The van der Waals surface area contributed by atoms with Gasteiger partial charge in [0, 0.05) is 79.0 Å². The van der Waals surface area contributed by atoms with Crippen molar-refractivity contribution in [2.75, 3.05) is 16.8 Å². The monoisotopic (exact) mass is 775 g/mol. The van der Waals surface area contributed by atoms with Crippen molar-refractivity contribution in [2.45, 2.75) is 0 Å². The van der Waals surface area contributed by atoms with Crippen LogP contribution in [0.4, 0.5) is 17.1 Å². The fourth-order valence-electron chi connectivity index (χ4n) is 6.34. The summed E-state index contributed by atoms with van der Waals surface area (Å²) in [6.45, 7) is 2.06. The van der Waals surface area contributed by atoms with E-state index in [-0.39, 0.29) is 21.1 Å². The molecule has 9 rings (SSSR count). The Labute approximate surface area is 281 Å². The van der Waals surface area contributed by atoms with Gasteiger partial charge in [-0.3, -0.25) is 0 Å². The van der Waals surface area contributed by atoms with E-state index >= 15 is 0 Å². The van der Waals surface area contributed by atoms with Crippen LogP contribution in [0.5, 0.6) is 11.5 Å². The summed E-state index contributed by atoms with van der Waals surface area (Å²) in [5.41, 5.74) is 7.31. The van der Waals surface area contributed by atoms with Gasteiger partial charge in [0.05, 0.1) is 5.52 Å². The third-order valence-corrected chi connectivity index (χ3v) is 8.42. The van der Waals surface area contributed by atoms with Crippen LogP contribution in [0.1, 0.15) is 0 Å². The average molecular weight is 776 g/mol. The molecule has 0 aliphatic carbocycles. The molecule has 0 unspecified atom stereocenters. The van der Waals surface area contributed by atoms with E-state index in [4.69, 9.17) is 9.72 Å². The predicted octanol–water partition coefficient (Wildman–Crippen LogP) is 9.22. The molecule has 0 spiro atoms. The smallest absolute Gasteiger partial charge is 0.137 e. The molecule has 0 fully saturated rings. The summed E-state index contributed by atoms with van der Waals surface area (Å²) in [6, 6.07) is 48.4. The van der Waals surface area contributed by atoms with Crippen molar-refractivity contribution in [1.82, 2.24) is 14.1 Å². The molecule has 8 aromatic rings. The van der Waals surface area contributed by atoms with Crippen molar-refractivity contribution in [1.29, 1.82) is 0 Å². The van der Waals surface area contributed by atoms with E-state index in [1.165, 1.54) is 0 Å². The normalized spacial score (nSPS) is 12.5. The Bertz CT molecular complexity index is 2380. The Morgan fingerprint density at radius 2 is 1.48 bits per heavy atom. The molecule has 0 radical (unpaired) electrons. The van der Waals surface area contributed by atoms with Gasteiger partial charge < -0.3 is 23.7 Å². The van der Waals surface area contributed by atoms with Crippen LogP contribution in [-0.4, -0.2) is 21.2 Å². The summed E-state index contributed by atoms with van der Waals surface area (Å²) < 4.78 is 10.8. The van der Waals surface area contributed by atoms with E-state index in [0.717, 1.165) is 61.3 Å². The molecule has 0 saturated carbocycles. The predicted molar refractivity (Wildman–Crippen MR) is 181 cm³/mol. The van der Waals surface area contributed by atoms with Crippen molar-refractivity contribution in [2.24, 2.45) is 0 Å². The number of para-hydroxylation sites is 4. The van der Waals surface area contributed by atoms with Gasteiger partial charge in [0.2, 0.25) is 0 Å². The second-order valence-electron chi connectivity index (χ2n) is 11.1. The van der Waals surface area contributed by atoms with Gasteiger partial charge in [0.25, 0.3) is 0 Å². The number of nitrogens with zero attached hydrogens (tertiary/aromatic N) is 5. The molecular formula is C39H26N5OPt-3. The molecule has 1 aliphatic heterocycles. The fraction of sp³-hybridized carbons (Fsp3) is 0.0256. The maximum atomic E-state index is 6.42. The number of aromatic nitrogens is 3. The second-order valence-corrected chi connectivity index (χ2v) is 11.1. The minimum Gasteiger partial charge on any atom is -0.509 e. The molecule has 6 nitrogen and oxygen atoms in total. The van der Waals surface area contributed by atoms with Crippen molar-refractivity contribution in [3.63, 3.8) is 0 Å². The van der Waals surface area contributed by atoms with E-state index in [2.05, 4.69) is 129 Å². The average Bonchev–Trinajstić information content (AvgIpc) is 3.76. The summed E-state index contributed by atoms with van der Waals surface area (Å²) >= 11 is 0. The van der Waals surface area contributed by atoms with Gasteiger partial charge in [0.15, 0.2) is 0 Å². The first kappa shape index (κ1) is 28.2. The van der Waals surface area contributed by atoms with Gasteiger partial charge in [-0.25, -0.2) is 4.98 Å². The van der Waals surface area contributed by atoms with E-state index in [9.17, 15) is 0 Å². The van der Waals surface area contributed by atoms with E-state index < -0.39 is 0 Å². The Morgan fingerprint density at radius 1 is 0.696 bits per heavy atom. The number of hydrogen-bond donors (Lipinski definition) is 0. The summed E-state index contributed by atoms with van der Waals surface area (Å²) in [6.07, 6.45) is 4.03. The van der Waals surface area contributed by atoms with Gasteiger partial charge in [-0.1, -0.05) is 54.0 Å². The minimum atomic E-state index is 0. The number of fused-ring (bicyclic) bond motifs is 5. The van der Waals surface area contributed by atoms with Gasteiger partial charge in [0.1, 0.15) is 5.82 Å². The second kappa shape index (κ2) is 11.2. The molecule has 0 saturated heterocycles. The van der Waals surface area contributed by atoms with E-state index in [1.807, 2.05) is 49.6 Å². The van der Waals surface area contributed by atoms with Crippen molar-refractivity contribution in [3.05, 3.63) is 153 Å². The number of rotatable bonds is 5. The van der Waals surface area contributed by atoms with Crippen LogP contribution in [0.3, 0.4) is 0 Å². The van der Waals surface area contributed by atoms with Gasteiger partial charge in [-0.2, -0.15) is 18.8 Å². The maximum absolute atomic E-state index is 6.42. The van der Waals surface area contributed by atoms with Gasteiger partial charge in [-0.15, -0.1) is 41.4 Å². The fourth-order valence-corrected chi connectivity index (χ4v) is 6.34. The number of benzene rings is 5. The molecule has 1 aliphatic rings. The van der Waals surface area contributed by atoms with Crippen LogP contribution in [0, 0.1) is 18.8 Å². The SMILES string of the molecule is CN1[CH-]N(c2[c-]c(Oc3[c-]c4c(cc3)c3ccccc3n4-c3cc4c(ccn4-c4ccccc4)cn3)ccc2)c2ccccc21.[Pt]. The molecule has 0 bridgehead atoms. The van der Waals surface area contributed by atoms with Crippen LogP contribution in [0.25, 0.3) is 44.2 Å². The molecular weight excluding hydrogens is 750 g/mol. The first-order valence-corrected chi connectivity index (χ1v) is 14.9. The van der Waals surface area contributed by atoms with Gasteiger partial charge in [-0.05, 0) is 48.8 Å². The third kappa shape index (κ3) is 4.56. The first-order chi connectivity index (χ1) is 22.2. The molecule has 46 heavy (non-hydrogen) atoms. The minimum absolute atomic E-state index is 0. The quantitative estimate of drug-likeness (QED) is 0.164. The molecule has 0 amide bonds. The summed E-state index contributed by atoms with van der Waals surface area (Å²) in [4.78, 5) is 9.16. The Hall–Kier alpha value is -5.32. The molecule has 3 aromatic heterocycles. The molecule has 0 N–H and O–H groups in total.